The summed E-state index contributed by atoms with van der Waals surface area (Å²) in [5.41, 5.74) is -5.78. The minimum Gasteiger partial charge on any atom is -0.508 e. The molecule has 0 saturated carbocycles. The first-order valence-corrected chi connectivity index (χ1v) is 32.1. The van der Waals surface area contributed by atoms with Crippen LogP contribution in [-0.4, -0.2) is 158 Å². The second-order valence-electron chi connectivity index (χ2n) is 26.3. The number of hydrogen-bond acceptors (Lipinski definition) is 30. The first-order chi connectivity index (χ1) is 49.9. The summed E-state index contributed by atoms with van der Waals surface area (Å²) in [6.45, 7) is 0. The van der Waals surface area contributed by atoms with Crippen molar-refractivity contribution in [2.75, 3.05) is 0 Å². The fourth-order valence-electron chi connectivity index (χ4n) is 15.4. The van der Waals surface area contributed by atoms with E-state index in [0.29, 0.717) is 12.1 Å². The van der Waals surface area contributed by atoms with E-state index in [1.165, 1.54) is 18.2 Å². The zero-order chi connectivity index (χ0) is 74.7. The zero-order valence-electron chi connectivity index (χ0n) is 53.6. The van der Waals surface area contributed by atoms with Gasteiger partial charge in [0.05, 0.1) is 29.8 Å². The minimum atomic E-state index is -2.31. The van der Waals surface area contributed by atoms with Gasteiger partial charge in [0.1, 0.15) is 117 Å². The third-order valence-corrected chi connectivity index (χ3v) is 20.2. The lowest BCUT2D eigenvalue weighted by atomic mass is 9.71. The monoisotopic (exact) mass is 1440 g/mol. The molecule has 30 nitrogen and oxygen atoms in total. The molecule has 105 heavy (non-hydrogen) atoms. The van der Waals surface area contributed by atoms with Gasteiger partial charge in [0.2, 0.25) is 0 Å². The Morgan fingerprint density at radius 1 is 0.229 bits per heavy atom. The SMILES string of the molecule is Oc1cc(O)c2c(c1)OC(c1ccc(O)c(O)c1)C(O)C2c1c(O)cc(O)c2c1OC(c1ccc(O)c(O)c1)C(O)C2c1c(O)cc(O)c2c1OC(c1ccc(O)c(O)c1)C(O)C2c1c(O)cc2c(c1O)C(c1c(O)cc3c(c1O)CC(O)C(c1ccc(O)c(O)c1)O3)C(O)C(c1ccc(O)c(O)c1)O2. The third-order valence-electron chi connectivity index (χ3n) is 20.2. The smallest absolute Gasteiger partial charge is 0.157 e. The lowest BCUT2D eigenvalue weighted by molar-refractivity contribution is -0.00782. The zero-order valence-corrected chi connectivity index (χ0v) is 53.6. The summed E-state index contributed by atoms with van der Waals surface area (Å²) < 4.78 is 32.0. The molecule has 0 bridgehead atoms. The summed E-state index contributed by atoms with van der Waals surface area (Å²) in [7, 11) is 0. The van der Waals surface area contributed by atoms with Crippen LogP contribution >= 0.6 is 0 Å². The molecule has 5 aliphatic heterocycles. The number of hydrogen-bond donors (Lipinski definition) is 25. The van der Waals surface area contributed by atoms with Gasteiger partial charge in [0.15, 0.2) is 81.9 Å². The molecule has 30 heteroatoms. The maximum Gasteiger partial charge on any atom is 0.157 e. The molecule has 10 aromatic rings. The van der Waals surface area contributed by atoms with Crippen LogP contribution in [0.4, 0.5) is 0 Å². The summed E-state index contributed by atoms with van der Waals surface area (Å²) in [6, 6.07) is 21.3. The van der Waals surface area contributed by atoms with E-state index >= 15 is 0 Å². The number of aliphatic hydroxyl groups is 5. The van der Waals surface area contributed by atoms with Gasteiger partial charge in [0, 0.05) is 92.9 Å². The van der Waals surface area contributed by atoms with Crippen LogP contribution in [0.1, 0.15) is 132 Å². The van der Waals surface area contributed by atoms with E-state index in [1.54, 1.807) is 0 Å². The molecule has 10 aromatic carbocycles. The second-order valence-corrected chi connectivity index (χ2v) is 26.3. The molecule has 0 radical (unpaired) electrons. The van der Waals surface area contributed by atoms with Gasteiger partial charge in [-0.3, -0.25) is 0 Å². The van der Waals surface area contributed by atoms with Crippen molar-refractivity contribution < 1.29 is 151 Å². The van der Waals surface area contributed by atoms with Gasteiger partial charge < -0.3 is 151 Å². The van der Waals surface area contributed by atoms with Crippen molar-refractivity contribution >= 4 is 0 Å². The summed E-state index contributed by atoms with van der Waals surface area (Å²) in [4.78, 5) is 0. The molecule has 542 valence electrons. The van der Waals surface area contributed by atoms with Gasteiger partial charge in [-0.25, -0.2) is 0 Å². The first-order valence-electron chi connectivity index (χ1n) is 32.1. The number of phenols is 20. The molecular formula is C75H62O30. The van der Waals surface area contributed by atoms with Crippen molar-refractivity contribution in [2.24, 2.45) is 0 Å². The Hall–Kier alpha value is -13.0. The van der Waals surface area contributed by atoms with Crippen LogP contribution in [0, 0.1) is 0 Å². The Morgan fingerprint density at radius 3 is 0.895 bits per heavy atom. The van der Waals surface area contributed by atoms with Gasteiger partial charge in [0.25, 0.3) is 0 Å². The maximum absolute atomic E-state index is 13.4. The lowest BCUT2D eigenvalue weighted by Gasteiger charge is -2.44. The third kappa shape index (κ3) is 10.7. The molecule has 15 rings (SSSR count). The molecule has 14 unspecified atom stereocenters. The van der Waals surface area contributed by atoms with E-state index in [1.807, 2.05) is 0 Å². The summed E-state index contributed by atoms with van der Waals surface area (Å²) in [5, 5.41) is 294. The Labute approximate surface area is 589 Å². The molecule has 0 saturated heterocycles. The summed E-state index contributed by atoms with van der Waals surface area (Å²) in [5.74, 6) is -27.1. The van der Waals surface area contributed by atoms with Crippen molar-refractivity contribution in [1.82, 2.24) is 0 Å². The molecule has 5 heterocycles. The van der Waals surface area contributed by atoms with Gasteiger partial charge in [-0.1, -0.05) is 30.3 Å². The largest absolute Gasteiger partial charge is 0.508 e. The fourth-order valence-corrected chi connectivity index (χ4v) is 15.4. The van der Waals surface area contributed by atoms with E-state index < -0.39 is 262 Å². The first kappa shape index (κ1) is 67.8. The van der Waals surface area contributed by atoms with E-state index in [0.717, 1.165) is 97.1 Å². The lowest BCUT2D eigenvalue weighted by Crippen LogP contribution is -2.39. The van der Waals surface area contributed by atoms with Gasteiger partial charge >= 0.3 is 0 Å². The fraction of sp³-hybridized carbons (Fsp3) is 0.200. The highest BCUT2D eigenvalue weighted by molar-refractivity contribution is 5.75. The Kier molecular flexibility index (Phi) is 15.9. The number of fused-ring (bicyclic) bond motifs is 5. The average Bonchev–Trinajstić information content (AvgIpc) is 0.709. The molecule has 0 fully saturated rings. The number of aliphatic hydroxyl groups excluding tert-OH is 5. The van der Waals surface area contributed by atoms with Crippen LogP contribution in [0.25, 0.3) is 0 Å². The quantitative estimate of drug-likeness (QED) is 0.0628. The van der Waals surface area contributed by atoms with Crippen molar-refractivity contribution in [1.29, 1.82) is 0 Å². The highest BCUT2D eigenvalue weighted by atomic mass is 16.5. The number of phenolic OH excluding ortho intramolecular Hbond substituents is 20. The second kappa shape index (κ2) is 24.6. The molecular weight excluding hydrogens is 1380 g/mol. The van der Waals surface area contributed by atoms with E-state index in [9.17, 15) is 128 Å². The van der Waals surface area contributed by atoms with E-state index in [4.69, 9.17) is 23.7 Å². The van der Waals surface area contributed by atoms with Crippen LogP contribution < -0.4 is 23.7 Å². The highest BCUT2D eigenvalue weighted by Gasteiger charge is 2.55. The molecule has 14 atom stereocenters. The van der Waals surface area contributed by atoms with Gasteiger partial charge in [-0.2, -0.15) is 0 Å². The van der Waals surface area contributed by atoms with Crippen LogP contribution in [0.3, 0.4) is 0 Å². The Balaban J connectivity index is 0.969. The normalized spacial score (nSPS) is 24.2. The Morgan fingerprint density at radius 2 is 0.514 bits per heavy atom. The van der Waals surface area contributed by atoms with E-state index in [-0.39, 0.29) is 50.4 Å². The van der Waals surface area contributed by atoms with Crippen molar-refractivity contribution in [3.05, 3.63) is 205 Å². The highest BCUT2D eigenvalue weighted by Crippen LogP contribution is 2.66. The minimum absolute atomic E-state index is 0.0493. The van der Waals surface area contributed by atoms with E-state index in [2.05, 4.69) is 0 Å². The maximum atomic E-state index is 13.4. The topological polar surface area (TPSA) is 552 Å². The van der Waals surface area contributed by atoms with Crippen LogP contribution in [0.2, 0.25) is 0 Å². The predicted octanol–water partition coefficient (Wildman–Crippen LogP) is 7.34. The van der Waals surface area contributed by atoms with Crippen molar-refractivity contribution in [3.8, 4) is 144 Å². The summed E-state index contributed by atoms with van der Waals surface area (Å²) >= 11 is 0. The number of benzene rings is 10. The molecule has 0 aromatic heterocycles. The van der Waals surface area contributed by atoms with Crippen LogP contribution in [0.5, 0.6) is 144 Å². The van der Waals surface area contributed by atoms with Crippen LogP contribution in [-0.2, 0) is 6.42 Å². The number of ether oxygens (including phenoxy) is 5. The molecule has 0 aliphatic carbocycles. The van der Waals surface area contributed by atoms with Crippen molar-refractivity contribution in [3.63, 3.8) is 0 Å². The average molecular weight is 1440 g/mol. The van der Waals surface area contributed by atoms with Crippen LogP contribution in [0.15, 0.2) is 127 Å². The standard InChI is InChI=1S/C75H62O30/c76-28-16-40(87)51-49(17-28)102-70(24-2-7-31(78)36(83)12-24)65(97)59(51)54-41(88)19-43(90)56-62(68(100)73(105-74(54)56)27-5-10-34(81)39(86)15-27)57-44(91)20-42(89)55-60(66(98)72(104-75(55)57)26-4-9-33(80)38(85)14-26)53-46(93)22-50-58(64(53)96)61(67(99)71(103-50)25-3-8-32(79)37(84)13-25)52-45(92)21-48-29(63(52)95)18-47(94)69(101-48)23-1-6-30(77)35(82)11-23/h1-17,19-22,47,59-62,65-73,76-100H,18H2. The predicted molar refractivity (Wildman–Crippen MR) is 356 cm³/mol. The summed E-state index contributed by atoms with van der Waals surface area (Å²) in [6.07, 6.45) is -19.5. The van der Waals surface area contributed by atoms with Gasteiger partial charge in [-0.05, 0) is 88.5 Å². The molecule has 25 N–H and O–H groups in total. The molecule has 0 amide bonds. The number of aromatic hydroxyl groups is 20. The van der Waals surface area contributed by atoms with Gasteiger partial charge in [-0.15, -0.1) is 0 Å². The Bertz CT molecular complexity index is 5270. The molecule has 0 spiro atoms. The van der Waals surface area contributed by atoms with Crippen molar-refractivity contribution in [2.45, 2.75) is 91.1 Å². The molecule has 5 aliphatic rings. The number of rotatable bonds is 9.